The quantitative estimate of drug-likeness (QED) is 0.215. The Bertz CT molecular complexity index is 220. The first kappa shape index (κ1) is 34.1. The highest BCUT2D eigenvalue weighted by Crippen LogP contribution is 1.97. The van der Waals surface area contributed by atoms with Gasteiger partial charge in [0.25, 0.3) is 0 Å². The Morgan fingerprint density at radius 2 is 0.917 bits per heavy atom. The molecule has 0 saturated heterocycles. The number of carbonyl (C=O) groups is 2. The summed E-state index contributed by atoms with van der Waals surface area (Å²) in [5, 5.41) is 52.6. The van der Waals surface area contributed by atoms with E-state index in [1.807, 2.05) is 13.8 Å². The Balaban J connectivity index is -0.0000000762. The average molecular weight is 364 g/mol. The number of hydrogen-bond donors (Lipinski definition) is 10. The lowest BCUT2D eigenvalue weighted by Gasteiger charge is -2.02. The van der Waals surface area contributed by atoms with Gasteiger partial charge in [-0.25, -0.2) is 0 Å². The predicted octanol–water partition coefficient (Wildman–Crippen LogP) is 1.23. The SMILES string of the molecule is CCCC[C@H](N)C(=O)O.CCCC[C@H](N)C(=O)O.OO.OO.OO. The molecule has 0 radical (unpaired) electrons. The second-order valence-corrected chi connectivity index (χ2v) is 4.17. The van der Waals surface area contributed by atoms with Crippen molar-refractivity contribution >= 4 is 11.9 Å². The Morgan fingerprint density at radius 3 is 1.04 bits per heavy atom. The van der Waals surface area contributed by atoms with E-state index in [4.69, 9.17) is 53.2 Å². The maximum atomic E-state index is 10.1. The summed E-state index contributed by atoms with van der Waals surface area (Å²) in [6, 6.07) is -1.32. The smallest absolute Gasteiger partial charge is 0.320 e. The van der Waals surface area contributed by atoms with Crippen LogP contribution in [-0.2, 0) is 9.59 Å². The molecule has 0 aromatic carbocycles. The van der Waals surface area contributed by atoms with Crippen molar-refractivity contribution in [2.75, 3.05) is 0 Å². The van der Waals surface area contributed by atoms with E-state index < -0.39 is 24.0 Å². The molecule has 150 valence electrons. The first-order valence-electron chi connectivity index (χ1n) is 6.93. The highest BCUT2D eigenvalue weighted by atomic mass is 17.0. The highest BCUT2D eigenvalue weighted by molar-refractivity contribution is 5.73. The lowest BCUT2D eigenvalue weighted by atomic mass is 10.1. The molecule has 2 atom stereocenters. The lowest BCUT2D eigenvalue weighted by molar-refractivity contribution is -0.176. The van der Waals surface area contributed by atoms with Crippen LogP contribution in [0, 0.1) is 0 Å². The zero-order valence-electron chi connectivity index (χ0n) is 13.9. The van der Waals surface area contributed by atoms with Crippen LogP contribution < -0.4 is 11.5 Å². The second kappa shape index (κ2) is 33.3. The Kier molecular flexibility index (Phi) is 47.2. The van der Waals surface area contributed by atoms with Gasteiger partial charge in [0, 0.05) is 0 Å². The van der Waals surface area contributed by atoms with Gasteiger partial charge in [-0.1, -0.05) is 39.5 Å². The van der Waals surface area contributed by atoms with Crippen molar-refractivity contribution in [1.82, 2.24) is 0 Å². The van der Waals surface area contributed by atoms with Gasteiger partial charge in [-0.05, 0) is 12.8 Å². The van der Waals surface area contributed by atoms with Crippen molar-refractivity contribution in [3.8, 4) is 0 Å². The minimum atomic E-state index is -0.900. The van der Waals surface area contributed by atoms with Crippen LogP contribution in [0.1, 0.15) is 52.4 Å². The van der Waals surface area contributed by atoms with Crippen molar-refractivity contribution in [2.24, 2.45) is 11.5 Å². The average Bonchev–Trinajstić information content (AvgIpc) is 2.62. The number of unbranched alkanes of at least 4 members (excludes halogenated alkanes) is 2. The Morgan fingerprint density at radius 1 is 0.708 bits per heavy atom. The summed E-state index contributed by atoms with van der Waals surface area (Å²) in [6.45, 7) is 4.02. The molecule has 0 fully saturated rings. The van der Waals surface area contributed by atoms with Crippen molar-refractivity contribution in [2.45, 2.75) is 64.5 Å². The van der Waals surface area contributed by atoms with Crippen molar-refractivity contribution in [3.05, 3.63) is 0 Å². The summed E-state index contributed by atoms with van der Waals surface area (Å²) in [5.41, 5.74) is 10.4. The summed E-state index contributed by atoms with van der Waals surface area (Å²) in [4.78, 5) is 20.2. The van der Waals surface area contributed by atoms with E-state index >= 15 is 0 Å². The fourth-order valence-electron chi connectivity index (χ4n) is 1.10. The molecule has 0 amide bonds. The molecule has 0 aliphatic carbocycles. The standard InChI is InChI=1S/2C6H13NO2.3H2O2/c2*1-2-3-4-5(7)6(8)9;3*1-2/h2*5H,2-4,7H2,1H3,(H,8,9);3*1-2H/t2*5-;;;/m00.../s1. The third-order valence-electron chi connectivity index (χ3n) is 2.37. The fourth-order valence-corrected chi connectivity index (χ4v) is 1.10. The molecule has 0 saturated carbocycles. The second-order valence-electron chi connectivity index (χ2n) is 4.17. The molecule has 24 heavy (non-hydrogen) atoms. The van der Waals surface area contributed by atoms with Gasteiger partial charge in [-0.3, -0.25) is 41.1 Å². The van der Waals surface area contributed by atoms with E-state index in [0.29, 0.717) is 12.8 Å². The molecule has 0 aromatic rings. The van der Waals surface area contributed by atoms with E-state index in [0.717, 1.165) is 25.7 Å². The van der Waals surface area contributed by atoms with Crippen LogP contribution in [0.4, 0.5) is 0 Å². The van der Waals surface area contributed by atoms with Crippen molar-refractivity contribution in [3.63, 3.8) is 0 Å². The van der Waals surface area contributed by atoms with Gasteiger partial charge in [0.15, 0.2) is 0 Å². The van der Waals surface area contributed by atoms with Gasteiger partial charge in [-0.15, -0.1) is 0 Å². The molecule has 12 heteroatoms. The lowest BCUT2D eigenvalue weighted by Crippen LogP contribution is -2.29. The zero-order chi connectivity index (χ0) is 20.6. The Hall–Kier alpha value is -1.38. The normalized spacial score (nSPS) is 10.6. The fraction of sp³-hybridized carbons (Fsp3) is 0.833. The van der Waals surface area contributed by atoms with Gasteiger partial charge in [-0.2, -0.15) is 0 Å². The van der Waals surface area contributed by atoms with Gasteiger partial charge >= 0.3 is 11.9 Å². The Labute approximate surface area is 140 Å². The van der Waals surface area contributed by atoms with E-state index in [9.17, 15) is 9.59 Å². The maximum Gasteiger partial charge on any atom is 0.320 e. The van der Waals surface area contributed by atoms with Crippen LogP contribution in [0.5, 0.6) is 0 Å². The van der Waals surface area contributed by atoms with Crippen LogP contribution in [0.2, 0.25) is 0 Å². The van der Waals surface area contributed by atoms with Crippen molar-refractivity contribution < 1.29 is 51.3 Å². The molecule has 0 aliphatic heterocycles. The van der Waals surface area contributed by atoms with E-state index in [2.05, 4.69) is 0 Å². The number of aliphatic carboxylic acids is 2. The van der Waals surface area contributed by atoms with E-state index in [1.165, 1.54) is 0 Å². The minimum absolute atomic E-state index is 0.589. The minimum Gasteiger partial charge on any atom is -0.480 e. The molecule has 0 heterocycles. The topological polar surface area (TPSA) is 248 Å². The molecule has 0 spiro atoms. The number of carboxylic acids is 2. The largest absolute Gasteiger partial charge is 0.480 e. The summed E-state index contributed by atoms with van der Waals surface area (Å²) < 4.78 is 0. The number of carboxylic acid groups (broad SMARTS) is 2. The van der Waals surface area contributed by atoms with E-state index in [-0.39, 0.29) is 0 Å². The molecule has 0 unspecified atom stereocenters. The van der Waals surface area contributed by atoms with Crippen LogP contribution >= 0.6 is 0 Å². The third-order valence-corrected chi connectivity index (χ3v) is 2.37. The predicted molar refractivity (Wildman–Crippen MR) is 86.0 cm³/mol. The monoisotopic (exact) mass is 364 g/mol. The number of nitrogens with two attached hydrogens (primary N) is 2. The van der Waals surface area contributed by atoms with Crippen LogP contribution in [0.15, 0.2) is 0 Å². The third kappa shape index (κ3) is 37.1. The van der Waals surface area contributed by atoms with Gasteiger partial charge in [0.05, 0.1) is 0 Å². The molecule has 0 bridgehead atoms. The molecule has 12 N–H and O–H groups in total. The summed E-state index contributed by atoms with van der Waals surface area (Å²) >= 11 is 0. The first-order valence-corrected chi connectivity index (χ1v) is 6.93. The molecule has 0 aliphatic rings. The highest BCUT2D eigenvalue weighted by Gasteiger charge is 2.09. The molecular weight excluding hydrogens is 332 g/mol. The molecule has 12 nitrogen and oxygen atoms in total. The summed E-state index contributed by atoms with van der Waals surface area (Å²) in [6.07, 6.45) is 4.97. The summed E-state index contributed by atoms with van der Waals surface area (Å²) in [5.74, 6) is -1.80. The van der Waals surface area contributed by atoms with Crippen LogP contribution in [0.25, 0.3) is 0 Å². The maximum absolute atomic E-state index is 10.1. The van der Waals surface area contributed by atoms with E-state index in [1.54, 1.807) is 0 Å². The van der Waals surface area contributed by atoms with Gasteiger partial charge in [0.2, 0.25) is 0 Å². The molecule has 0 aromatic heterocycles. The first-order chi connectivity index (χ1) is 11.4. The summed E-state index contributed by atoms with van der Waals surface area (Å²) in [7, 11) is 0. The van der Waals surface area contributed by atoms with Gasteiger partial charge in [0.1, 0.15) is 12.1 Å². The van der Waals surface area contributed by atoms with Crippen LogP contribution in [0.3, 0.4) is 0 Å². The number of hydrogen-bond acceptors (Lipinski definition) is 10. The van der Waals surface area contributed by atoms with Crippen LogP contribution in [-0.4, -0.2) is 65.8 Å². The molecule has 0 rings (SSSR count). The van der Waals surface area contributed by atoms with Gasteiger partial charge < -0.3 is 21.7 Å². The zero-order valence-corrected chi connectivity index (χ0v) is 13.9. The molecular formula is C12H32N2O10. The van der Waals surface area contributed by atoms with Crippen molar-refractivity contribution in [1.29, 1.82) is 0 Å². The number of rotatable bonds is 8.